The number of aliphatic hydroxyl groups excluding tert-OH is 1. The minimum Gasteiger partial charge on any atom is -0.387 e. The average molecular weight is 229 g/mol. The highest BCUT2D eigenvalue weighted by atomic mass is 19.2. The lowest BCUT2D eigenvalue weighted by Gasteiger charge is -2.16. The van der Waals surface area contributed by atoms with Crippen molar-refractivity contribution in [1.29, 1.82) is 5.26 Å². The molecule has 2 unspecified atom stereocenters. The average Bonchev–Trinajstić information content (AvgIpc) is 2.25. The summed E-state index contributed by atoms with van der Waals surface area (Å²) in [4.78, 5) is 0. The van der Waals surface area contributed by atoms with Crippen molar-refractivity contribution in [3.8, 4) is 6.07 Å². The van der Waals surface area contributed by atoms with E-state index in [0.717, 1.165) is 0 Å². The lowest BCUT2D eigenvalue weighted by atomic mass is 9.94. The molecule has 0 saturated carbocycles. The maximum Gasteiger partial charge on any atom is 0.161 e. The van der Waals surface area contributed by atoms with Crippen LogP contribution in [0.3, 0.4) is 0 Å². The van der Waals surface area contributed by atoms with Gasteiger partial charge in [0.1, 0.15) is 5.82 Å². The van der Waals surface area contributed by atoms with Crippen LogP contribution in [0.5, 0.6) is 0 Å². The first-order chi connectivity index (χ1) is 7.51. The number of rotatable bonds is 3. The molecule has 86 valence electrons. The Labute approximate surface area is 90.9 Å². The van der Waals surface area contributed by atoms with E-state index in [-0.39, 0.29) is 6.42 Å². The largest absolute Gasteiger partial charge is 0.387 e. The van der Waals surface area contributed by atoms with E-state index in [0.29, 0.717) is 12.1 Å². The van der Waals surface area contributed by atoms with Crippen LogP contribution >= 0.6 is 0 Å². The first-order valence-corrected chi connectivity index (χ1v) is 4.73. The van der Waals surface area contributed by atoms with Gasteiger partial charge in [0, 0.05) is 11.6 Å². The fourth-order valence-electron chi connectivity index (χ4n) is 1.37. The first-order valence-electron chi connectivity index (χ1n) is 4.73. The number of hydrogen-bond acceptors (Lipinski definition) is 2. The molecular formula is C11H10F3NO. The van der Waals surface area contributed by atoms with Gasteiger partial charge >= 0.3 is 0 Å². The van der Waals surface area contributed by atoms with E-state index in [2.05, 4.69) is 0 Å². The number of halogens is 3. The Morgan fingerprint density at radius 3 is 2.31 bits per heavy atom. The molecule has 0 aliphatic carbocycles. The molecule has 0 heterocycles. The molecular weight excluding hydrogens is 219 g/mol. The molecule has 0 amide bonds. The zero-order valence-corrected chi connectivity index (χ0v) is 8.54. The molecule has 5 heteroatoms. The lowest BCUT2D eigenvalue weighted by Crippen LogP contribution is -2.12. The number of benzene rings is 1. The van der Waals surface area contributed by atoms with Gasteiger partial charge in [-0.05, 0) is 12.5 Å². The molecule has 2 atom stereocenters. The van der Waals surface area contributed by atoms with Crippen molar-refractivity contribution in [3.05, 3.63) is 35.1 Å². The van der Waals surface area contributed by atoms with E-state index >= 15 is 0 Å². The van der Waals surface area contributed by atoms with Gasteiger partial charge in [-0.2, -0.15) is 5.26 Å². The van der Waals surface area contributed by atoms with Crippen molar-refractivity contribution in [3.63, 3.8) is 0 Å². The summed E-state index contributed by atoms with van der Waals surface area (Å²) >= 11 is 0. The third kappa shape index (κ3) is 2.34. The van der Waals surface area contributed by atoms with E-state index in [1.807, 2.05) is 0 Å². The Balaban J connectivity index is 3.14. The van der Waals surface area contributed by atoms with Crippen LogP contribution in [-0.4, -0.2) is 5.11 Å². The van der Waals surface area contributed by atoms with Crippen molar-refractivity contribution in [2.45, 2.75) is 19.4 Å². The quantitative estimate of drug-likeness (QED) is 0.810. The molecule has 16 heavy (non-hydrogen) atoms. The smallest absolute Gasteiger partial charge is 0.161 e. The molecule has 2 nitrogen and oxygen atoms in total. The molecule has 0 aliphatic rings. The van der Waals surface area contributed by atoms with Crippen LogP contribution in [0, 0.1) is 34.7 Å². The highest BCUT2D eigenvalue weighted by molar-refractivity contribution is 5.23. The van der Waals surface area contributed by atoms with Crippen molar-refractivity contribution >= 4 is 0 Å². The molecule has 0 bridgehead atoms. The standard InChI is InChI=1S/C11H10F3NO/c1-2-6(5-15)11(16)7-3-9(13)10(14)4-8(7)12/h3-4,6,11,16H,2H2,1H3. The normalized spacial score (nSPS) is 14.2. The first kappa shape index (κ1) is 12.5. The predicted molar refractivity (Wildman–Crippen MR) is 50.7 cm³/mol. The summed E-state index contributed by atoms with van der Waals surface area (Å²) in [6.07, 6.45) is -1.17. The molecule has 0 radical (unpaired) electrons. The monoisotopic (exact) mass is 229 g/mol. The molecule has 0 aromatic heterocycles. The zero-order valence-electron chi connectivity index (χ0n) is 8.54. The molecule has 0 aliphatic heterocycles. The van der Waals surface area contributed by atoms with Crippen LogP contribution in [0.4, 0.5) is 13.2 Å². The fourth-order valence-corrected chi connectivity index (χ4v) is 1.37. The molecule has 0 spiro atoms. The van der Waals surface area contributed by atoms with Crippen LogP contribution in [-0.2, 0) is 0 Å². The van der Waals surface area contributed by atoms with Gasteiger partial charge in [0.25, 0.3) is 0 Å². The van der Waals surface area contributed by atoms with Crippen LogP contribution < -0.4 is 0 Å². The van der Waals surface area contributed by atoms with Gasteiger partial charge in [-0.3, -0.25) is 0 Å². The molecule has 0 saturated heterocycles. The van der Waals surface area contributed by atoms with E-state index in [1.165, 1.54) is 0 Å². The second-order valence-corrected chi connectivity index (χ2v) is 3.38. The second kappa shape index (κ2) is 4.99. The van der Waals surface area contributed by atoms with Crippen LogP contribution in [0.25, 0.3) is 0 Å². The maximum absolute atomic E-state index is 13.2. The minimum absolute atomic E-state index is 0.288. The topological polar surface area (TPSA) is 44.0 Å². The Morgan fingerprint density at radius 2 is 1.81 bits per heavy atom. The molecule has 1 rings (SSSR count). The van der Waals surface area contributed by atoms with E-state index in [9.17, 15) is 18.3 Å². The summed E-state index contributed by atoms with van der Waals surface area (Å²) in [6, 6.07) is 2.72. The van der Waals surface area contributed by atoms with E-state index in [1.54, 1.807) is 13.0 Å². The van der Waals surface area contributed by atoms with Gasteiger partial charge in [-0.1, -0.05) is 6.92 Å². The number of nitrogens with zero attached hydrogens (tertiary/aromatic N) is 1. The Kier molecular flexibility index (Phi) is 3.91. The van der Waals surface area contributed by atoms with Crippen molar-refractivity contribution in [1.82, 2.24) is 0 Å². The van der Waals surface area contributed by atoms with Gasteiger partial charge in [0.2, 0.25) is 0 Å². The fraction of sp³-hybridized carbons (Fsp3) is 0.364. The highest BCUT2D eigenvalue weighted by Crippen LogP contribution is 2.27. The molecule has 1 aromatic rings. The maximum atomic E-state index is 13.2. The van der Waals surface area contributed by atoms with Crippen LogP contribution in [0.2, 0.25) is 0 Å². The summed E-state index contributed by atoms with van der Waals surface area (Å²) < 4.78 is 38.7. The number of hydrogen-bond donors (Lipinski definition) is 1. The Hall–Kier alpha value is -1.54. The summed E-state index contributed by atoms with van der Waals surface area (Å²) in [5.41, 5.74) is -0.396. The van der Waals surface area contributed by atoms with Crippen LogP contribution in [0.15, 0.2) is 12.1 Å². The third-order valence-electron chi connectivity index (χ3n) is 2.35. The van der Waals surface area contributed by atoms with Crippen molar-refractivity contribution in [2.75, 3.05) is 0 Å². The summed E-state index contributed by atoms with van der Waals surface area (Å²) in [5.74, 6) is -4.47. The van der Waals surface area contributed by atoms with E-state index in [4.69, 9.17) is 5.26 Å². The summed E-state index contributed by atoms with van der Waals surface area (Å²) in [5, 5.41) is 18.3. The van der Waals surface area contributed by atoms with Crippen molar-refractivity contribution in [2.24, 2.45) is 5.92 Å². The Morgan fingerprint density at radius 1 is 1.25 bits per heavy atom. The van der Waals surface area contributed by atoms with E-state index < -0.39 is 35.0 Å². The predicted octanol–water partition coefficient (Wildman–Crippen LogP) is 2.69. The van der Waals surface area contributed by atoms with Gasteiger partial charge in [0.05, 0.1) is 18.1 Å². The molecule has 1 N–H and O–H groups in total. The summed E-state index contributed by atoms with van der Waals surface area (Å²) in [7, 11) is 0. The lowest BCUT2D eigenvalue weighted by molar-refractivity contribution is 0.128. The number of nitriles is 1. The third-order valence-corrected chi connectivity index (χ3v) is 2.35. The van der Waals surface area contributed by atoms with Crippen molar-refractivity contribution < 1.29 is 18.3 Å². The van der Waals surface area contributed by atoms with Gasteiger partial charge in [-0.15, -0.1) is 0 Å². The van der Waals surface area contributed by atoms with Gasteiger partial charge in [-0.25, -0.2) is 13.2 Å². The SMILES string of the molecule is CCC(C#N)C(O)c1cc(F)c(F)cc1F. The summed E-state index contributed by atoms with van der Waals surface area (Å²) in [6.45, 7) is 1.63. The Bertz CT molecular complexity index is 428. The van der Waals surface area contributed by atoms with Gasteiger partial charge < -0.3 is 5.11 Å². The zero-order chi connectivity index (χ0) is 12.3. The highest BCUT2D eigenvalue weighted by Gasteiger charge is 2.23. The van der Waals surface area contributed by atoms with Crippen LogP contribution in [0.1, 0.15) is 25.0 Å². The molecule has 1 aromatic carbocycles. The molecule has 0 fully saturated rings. The van der Waals surface area contributed by atoms with Gasteiger partial charge in [0.15, 0.2) is 11.6 Å². The minimum atomic E-state index is -1.45. The number of aliphatic hydroxyl groups is 1. The second-order valence-electron chi connectivity index (χ2n) is 3.38.